The molecular formula is C18H19N3O2. The number of benzene rings is 2. The second kappa shape index (κ2) is 6.12. The van der Waals surface area contributed by atoms with Gasteiger partial charge in [0.05, 0.1) is 31.8 Å². The molecule has 0 spiro atoms. The van der Waals surface area contributed by atoms with Gasteiger partial charge in [0.15, 0.2) is 11.5 Å². The molecule has 0 amide bonds. The minimum atomic E-state index is 0.679. The highest BCUT2D eigenvalue weighted by atomic mass is 16.5. The quantitative estimate of drug-likeness (QED) is 0.739. The number of aromatic nitrogens is 3. The van der Waals surface area contributed by atoms with Crippen LogP contribution in [0.4, 0.5) is 0 Å². The van der Waals surface area contributed by atoms with Gasteiger partial charge in [0.25, 0.3) is 0 Å². The van der Waals surface area contributed by atoms with Gasteiger partial charge in [-0.25, -0.2) is 4.68 Å². The molecule has 0 aliphatic carbocycles. The van der Waals surface area contributed by atoms with Crippen molar-refractivity contribution < 1.29 is 9.47 Å². The lowest BCUT2D eigenvalue weighted by molar-refractivity contribution is 0.355. The Kier molecular flexibility index (Phi) is 4.02. The number of ether oxygens (including phenoxy) is 2. The van der Waals surface area contributed by atoms with E-state index in [4.69, 9.17) is 9.47 Å². The SMILES string of the molecule is COc1ccc(-c2cnnn2-c2ccc(C)c(C)c2)cc1OC. The number of hydrogen-bond acceptors (Lipinski definition) is 4. The molecule has 5 heteroatoms. The van der Waals surface area contributed by atoms with Gasteiger partial charge < -0.3 is 9.47 Å². The lowest BCUT2D eigenvalue weighted by atomic mass is 10.1. The highest BCUT2D eigenvalue weighted by Crippen LogP contribution is 2.32. The monoisotopic (exact) mass is 309 g/mol. The lowest BCUT2D eigenvalue weighted by Crippen LogP contribution is -2.00. The minimum absolute atomic E-state index is 0.679. The Balaban J connectivity index is 2.09. The van der Waals surface area contributed by atoms with Gasteiger partial charge in [-0.15, -0.1) is 5.10 Å². The van der Waals surface area contributed by atoms with Crippen LogP contribution >= 0.6 is 0 Å². The predicted molar refractivity (Wildman–Crippen MR) is 89.4 cm³/mol. The van der Waals surface area contributed by atoms with Crippen molar-refractivity contribution in [2.75, 3.05) is 14.2 Å². The Morgan fingerprint density at radius 1 is 0.870 bits per heavy atom. The van der Waals surface area contributed by atoms with Crippen molar-refractivity contribution in [3.63, 3.8) is 0 Å². The molecule has 118 valence electrons. The van der Waals surface area contributed by atoms with Crippen LogP contribution in [0.1, 0.15) is 11.1 Å². The van der Waals surface area contributed by atoms with Gasteiger partial charge in [-0.2, -0.15) is 0 Å². The van der Waals surface area contributed by atoms with Crippen molar-refractivity contribution in [3.05, 3.63) is 53.7 Å². The first-order valence-corrected chi connectivity index (χ1v) is 7.34. The highest BCUT2D eigenvalue weighted by molar-refractivity contribution is 5.65. The maximum atomic E-state index is 5.38. The third-order valence-electron chi connectivity index (χ3n) is 3.96. The molecule has 5 nitrogen and oxygen atoms in total. The van der Waals surface area contributed by atoms with E-state index in [0.717, 1.165) is 16.9 Å². The van der Waals surface area contributed by atoms with E-state index >= 15 is 0 Å². The summed E-state index contributed by atoms with van der Waals surface area (Å²) in [7, 11) is 3.25. The van der Waals surface area contributed by atoms with Crippen LogP contribution in [0, 0.1) is 13.8 Å². The van der Waals surface area contributed by atoms with Crippen molar-refractivity contribution >= 4 is 0 Å². The topological polar surface area (TPSA) is 49.2 Å². The first-order chi connectivity index (χ1) is 11.1. The zero-order valence-electron chi connectivity index (χ0n) is 13.7. The molecule has 0 N–H and O–H groups in total. The molecule has 0 radical (unpaired) electrons. The maximum absolute atomic E-state index is 5.38. The molecule has 0 atom stereocenters. The molecule has 0 aliphatic rings. The van der Waals surface area contributed by atoms with E-state index in [1.165, 1.54) is 11.1 Å². The van der Waals surface area contributed by atoms with Crippen LogP contribution in [0.25, 0.3) is 16.9 Å². The number of methoxy groups -OCH3 is 2. The summed E-state index contributed by atoms with van der Waals surface area (Å²) < 4.78 is 12.5. The molecule has 0 aliphatic heterocycles. The van der Waals surface area contributed by atoms with Crippen molar-refractivity contribution in [2.24, 2.45) is 0 Å². The van der Waals surface area contributed by atoms with Crippen molar-refractivity contribution in [3.8, 4) is 28.4 Å². The Hall–Kier alpha value is -2.82. The molecule has 0 saturated heterocycles. The zero-order chi connectivity index (χ0) is 16.4. The number of nitrogens with zero attached hydrogens (tertiary/aromatic N) is 3. The summed E-state index contributed by atoms with van der Waals surface area (Å²) in [6.07, 6.45) is 1.75. The van der Waals surface area contributed by atoms with E-state index in [2.05, 4.69) is 36.3 Å². The molecule has 3 aromatic rings. The Labute approximate surface area is 135 Å². The van der Waals surface area contributed by atoms with Crippen LogP contribution in [0.3, 0.4) is 0 Å². The van der Waals surface area contributed by atoms with E-state index in [0.29, 0.717) is 11.5 Å². The summed E-state index contributed by atoms with van der Waals surface area (Å²) in [6, 6.07) is 12.0. The summed E-state index contributed by atoms with van der Waals surface area (Å²) in [4.78, 5) is 0. The largest absolute Gasteiger partial charge is 0.493 e. The fourth-order valence-electron chi connectivity index (χ4n) is 2.48. The second-order valence-electron chi connectivity index (χ2n) is 5.37. The van der Waals surface area contributed by atoms with Gasteiger partial charge in [-0.3, -0.25) is 0 Å². The van der Waals surface area contributed by atoms with E-state index in [-0.39, 0.29) is 0 Å². The summed E-state index contributed by atoms with van der Waals surface area (Å²) in [5.74, 6) is 1.37. The maximum Gasteiger partial charge on any atom is 0.161 e. The van der Waals surface area contributed by atoms with Crippen molar-refractivity contribution in [2.45, 2.75) is 13.8 Å². The first-order valence-electron chi connectivity index (χ1n) is 7.34. The third-order valence-corrected chi connectivity index (χ3v) is 3.96. The van der Waals surface area contributed by atoms with Crippen LogP contribution < -0.4 is 9.47 Å². The van der Waals surface area contributed by atoms with E-state index < -0.39 is 0 Å². The average molecular weight is 309 g/mol. The highest BCUT2D eigenvalue weighted by Gasteiger charge is 2.12. The molecule has 3 rings (SSSR count). The van der Waals surface area contributed by atoms with Crippen molar-refractivity contribution in [1.29, 1.82) is 0 Å². The predicted octanol–water partition coefficient (Wildman–Crippen LogP) is 3.57. The smallest absolute Gasteiger partial charge is 0.161 e. The number of aryl methyl sites for hydroxylation is 2. The van der Waals surface area contributed by atoms with Crippen LogP contribution in [0.15, 0.2) is 42.6 Å². The first kappa shape index (κ1) is 15.1. The molecule has 0 bridgehead atoms. The number of rotatable bonds is 4. The molecule has 2 aromatic carbocycles. The average Bonchev–Trinajstić information content (AvgIpc) is 3.06. The van der Waals surface area contributed by atoms with E-state index in [9.17, 15) is 0 Å². The van der Waals surface area contributed by atoms with Gasteiger partial charge in [-0.1, -0.05) is 11.3 Å². The van der Waals surface area contributed by atoms with Gasteiger partial charge in [0, 0.05) is 5.56 Å². The molecule has 0 fully saturated rings. The Morgan fingerprint density at radius 3 is 2.35 bits per heavy atom. The van der Waals surface area contributed by atoms with Crippen LogP contribution in [-0.4, -0.2) is 29.2 Å². The van der Waals surface area contributed by atoms with Gasteiger partial charge in [-0.05, 0) is 55.3 Å². The Morgan fingerprint density at radius 2 is 1.65 bits per heavy atom. The number of hydrogen-bond donors (Lipinski definition) is 0. The van der Waals surface area contributed by atoms with Crippen LogP contribution in [0.5, 0.6) is 11.5 Å². The molecule has 1 heterocycles. The van der Waals surface area contributed by atoms with Crippen molar-refractivity contribution in [1.82, 2.24) is 15.0 Å². The zero-order valence-corrected chi connectivity index (χ0v) is 13.7. The molecule has 23 heavy (non-hydrogen) atoms. The Bertz CT molecular complexity index is 840. The standard InChI is InChI=1S/C18H19N3O2/c1-12-5-7-15(9-13(12)2)21-16(11-19-20-21)14-6-8-17(22-3)18(10-14)23-4/h5-11H,1-4H3. The minimum Gasteiger partial charge on any atom is -0.493 e. The summed E-state index contributed by atoms with van der Waals surface area (Å²) in [5.41, 5.74) is 5.31. The van der Waals surface area contributed by atoms with E-state index in [1.54, 1.807) is 20.4 Å². The van der Waals surface area contributed by atoms with Gasteiger partial charge >= 0.3 is 0 Å². The molecule has 0 unspecified atom stereocenters. The fourth-order valence-corrected chi connectivity index (χ4v) is 2.48. The summed E-state index contributed by atoms with van der Waals surface area (Å²) in [6.45, 7) is 4.18. The van der Waals surface area contributed by atoms with Gasteiger partial charge in [0.1, 0.15) is 0 Å². The third kappa shape index (κ3) is 2.77. The van der Waals surface area contributed by atoms with Gasteiger partial charge in [0.2, 0.25) is 0 Å². The molecule has 1 aromatic heterocycles. The molecule has 0 saturated carbocycles. The second-order valence-corrected chi connectivity index (χ2v) is 5.37. The fraction of sp³-hybridized carbons (Fsp3) is 0.222. The normalized spacial score (nSPS) is 10.6. The molecular weight excluding hydrogens is 290 g/mol. The summed E-state index contributed by atoms with van der Waals surface area (Å²) >= 11 is 0. The summed E-state index contributed by atoms with van der Waals surface area (Å²) in [5, 5.41) is 8.29. The lowest BCUT2D eigenvalue weighted by Gasteiger charge is -2.11. The van der Waals surface area contributed by atoms with Crippen LogP contribution in [-0.2, 0) is 0 Å². The van der Waals surface area contributed by atoms with Crippen LogP contribution in [0.2, 0.25) is 0 Å². The van der Waals surface area contributed by atoms with E-state index in [1.807, 2.05) is 28.9 Å².